The van der Waals surface area contributed by atoms with Gasteiger partial charge in [0.15, 0.2) is 16.6 Å². The molecule has 98 valence electrons. The molecule has 1 atom stereocenters. The molecule has 0 amide bonds. The van der Waals surface area contributed by atoms with Crippen molar-refractivity contribution < 1.29 is 14.7 Å². The third kappa shape index (κ3) is 2.51. The standard InChI is InChI=1S/C11H14N2O3S2/c1-6(14)9-8(10(15)16)12-11(18-9)13(2)7-3-4-17-5-7/h7H,3-5H2,1-2H3,(H,15,16). The van der Waals surface area contributed by atoms with Gasteiger partial charge in [-0.25, -0.2) is 9.78 Å². The van der Waals surface area contributed by atoms with Crippen LogP contribution in [-0.4, -0.2) is 46.4 Å². The van der Waals surface area contributed by atoms with Crippen molar-refractivity contribution in [3.63, 3.8) is 0 Å². The van der Waals surface area contributed by atoms with Crippen LogP contribution in [0.2, 0.25) is 0 Å². The van der Waals surface area contributed by atoms with Crippen LogP contribution in [-0.2, 0) is 0 Å². The molecule has 1 aliphatic rings. The van der Waals surface area contributed by atoms with Crippen LogP contribution in [0.25, 0.3) is 0 Å². The number of carboxylic acids is 1. The van der Waals surface area contributed by atoms with E-state index in [0.29, 0.717) is 11.2 Å². The maximum atomic E-state index is 11.4. The Hall–Kier alpha value is -1.08. The molecule has 0 radical (unpaired) electrons. The van der Waals surface area contributed by atoms with Gasteiger partial charge in [-0.2, -0.15) is 11.8 Å². The largest absolute Gasteiger partial charge is 0.476 e. The van der Waals surface area contributed by atoms with Crippen LogP contribution in [0.3, 0.4) is 0 Å². The minimum Gasteiger partial charge on any atom is -0.476 e. The van der Waals surface area contributed by atoms with Gasteiger partial charge in [0, 0.05) is 25.8 Å². The summed E-state index contributed by atoms with van der Waals surface area (Å²) in [5.41, 5.74) is -0.125. The van der Waals surface area contributed by atoms with Gasteiger partial charge in [-0.3, -0.25) is 4.79 Å². The Morgan fingerprint density at radius 2 is 2.22 bits per heavy atom. The number of thiazole rings is 1. The van der Waals surface area contributed by atoms with E-state index < -0.39 is 5.97 Å². The number of carboxylic acid groups (broad SMARTS) is 1. The predicted molar refractivity (Wildman–Crippen MR) is 73.2 cm³/mol. The fraction of sp³-hybridized carbons (Fsp3) is 0.545. The number of Topliss-reactive ketones (excluding diaryl/α,β-unsaturated/α-hetero) is 1. The molecule has 1 aliphatic heterocycles. The zero-order chi connectivity index (χ0) is 13.3. The summed E-state index contributed by atoms with van der Waals surface area (Å²) < 4.78 is 0. The molecule has 0 bridgehead atoms. The normalized spacial score (nSPS) is 18.9. The average molecular weight is 286 g/mol. The lowest BCUT2D eigenvalue weighted by atomic mass is 10.2. The van der Waals surface area contributed by atoms with Crippen molar-refractivity contribution >= 4 is 40.0 Å². The van der Waals surface area contributed by atoms with Crippen LogP contribution in [0, 0.1) is 0 Å². The number of ketones is 1. The van der Waals surface area contributed by atoms with Gasteiger partial charge in [0.25, 0.3) is 0 Å². The minimum absolute atomic E-state index is 0.125. The van der Waals surface area contributed by atoms with E-state index in [9.17, 15) is 9.59 Å². The molecule has 1 fully saturated rings. The summed E-state index contributed by atoms with van der Waals surface area (Å²) in [7, 11) is 1.91. The maximum absolute atomic E-state index is 11.4. The van der Waals surface area contributed by atoms with Gasteiger partial charge in [0.05, 0.1) is 0 Å². The first kappa shape index (κ1) is 13.4. The summed E-state index contributed by atoms with van der Waals surface area (Å²) in [5, 5.41) is 9.66. The molecule has 5 nitrogen and oxygen atoms in total. The second kappa shape index (κ2) is 5.27. The number of rotatable bonds is 4. The SMILES string of the molecule is CC(=O)c1sc(N(C)C2CCSC2)nc1C(=O)O. The van der Waals surface area contributed by atoms with Gasteiger partial charge in [0.1, 0.15) is 4.88 Å². The fourth-order valence-electron chi connectivity index (χ4n) is 1.83. The van der Waals surface area contributed by atoms with Crippen molar-refractivity contribution in [2.75, 3.05) is 23.5 Å². The van der Waals surface area contributed by atoms with Crippen LogP contribution in [0.15, 0.2) is 0 Å². The number of anilines is 1. The first-order valence-corrected chi connectivity index (χ1v) is 7.53. The summed E-state index contributed by atoms with van der Waals surface area (Å²) in [6.07, 6.45) is 1.07. The fourth-order valence-corrected chi connectivity index (χ4v) is 4.08. The molecule has 18 heavy (non-hydrogen) atoms. The zero-order valence-electron chi connectivity index (χ0n) is 10.2. The number of carbonyl (C=O) groups excluding carboxylic acids is 1. The molecular weight excluding hydrogens is 272 g/mol. The highest BCUT2D eigenvalue weighted by Crippen LogP contribution is 2.31. The molecule has 0 aliphatic carbocycles. The predicted octanol–water partition coefficient (Wildman–Crippen LogP) is 1.99. The van der Waals surface area contributed by atoms with Crippen molar-refractivity contribution in [1.82, 2.24) is 4.98 Å². The van der Waals surface area contributed by atoms with Crippen molar-refractivity contribution in [3.05, 3.63) is 10.6 Å². The number of aromatic carboxylic acids is 1. The highest BCUT2D eigenvalue weighted by Gasteiger charge is 2.26. The third-order valence-corrected chi connectivity index (χ3v) is 5.28. The number of carbonyl (C=O) groups is 2. The molecule has 1 saturated heterocycles. The molecule has 2 rings (SSSR count). The lowest BCUT2D eigenvalue weighted by Gasteiger charge is -2.22. The Morgan fingerprint density at radius 1 is 1.50 bits per heavy atom. The average Bonchev–Trinajstić information content (AvgIpc) is 2.97. The van der Waals surface area contributed by atoms with E-state index in [1.165, 1.54) is 18.3 Å². The van der Waals surface area contributed by atoms with Gasteiger partial charge in [-0.15, -0.1) is 0 Å². The van der Waals surface area contributed by atoms with Gasteiger partial charge < -0.3 is 10.0 Å². The first-order chi connectivity index (χ1) is 8.50. The topological polar surface area (TPSA) is 70.5 Å². The van der Waals surface area contributed by atoms with Crippen LogP contribution in [0.4, 0.5) is 5.13 Å². The van der Waals surface area contributed by atoms with Gasteiger partial charge >= 0.3 is 5.97 Å². The van der Waals surface area contributed by atoms with Crippen LogP contribution < -0.4 is 4.90 Å². The Balaban J connectivity index is 2.31. The Morgan fingerprint density at radius 3 is 2.67 bits per heavy atom. The van der Waals surface area contributed by atoms with Gasteiger partial charge in [-0.1, -0.05) is 11.3 Å². The van der Waals surface area contributed by atoms with Crippen LogP contribution >= 0.6 is 23.1 Å². The van der Waals surface area contributed by atoms with Crippen LogP contribution in [0.5, 0.6) is 0 Å². The van der Waals surface area contributed by atoms with Crippen molar-refractivity contribution in [2.45, 2.75) is 19.4 Å². The molecule has 0 aromatic carbocycles. The number of hydrogen-bond acceptors (Lipinski definition) is 6. The Labute approximate surface area is 113 Å². The zero-order valence-corrected chi connectivity index (χ0v) is 11.8. The second-order valence-corrected chi connectivity index (χ2v) is 6.29. The number of nitrogens with zero attached hydrogens (tertiary/aromatic N) is 2. The lowest BCUT2D eigenvalue weighted by molar-refractivity contribution is 0.0687. The summed E-state index contributed by atoms with van der Waals surface area (Å²) >= 11 is 3.05. The summed E-state index contributed by atoms with van der Waals surface area (Å²) in [5.74, 6) is 0.752. The monoisotopic (exact) mass is 286 g/mol. The summed E-state index contributed by atoms with van der Waals surface area (Å²) in [4.78, 5) is 28.8. The van der Waals surface area contributed by atoms with E-state index in [-0.39, 0.29) is 16.4 Å². The molecule has 0 spiro atoms. The van der Waals surface area contributed by atoms with Crippen LogP contribution in [0.1, 0.15) is 33.5 Å². The van der Waals surface area contributed by atoms with E-state index in [2.05, 4.69) is 4.98 Å². The molecule has 2 heterocycles. The lowest BCUT2D eigenvalue weighted by Crippen LogP contribution is -2.31. The molecule has 0 saturated carbocycles. The highest BCUT2D eigenvalue weighted by atomic mass is 32.2. The van der Waals surface area contributed by atoms with Gasteiger partial charge in [-0.05, 0) is 12.2 Å². The minimum atomic E-state index is -1.14. The Kier molecular flexibility index (Phi) is 3.91. The smallest absolute Gasteiger partial charge is 0.356 e. The van der Waals surface area contributed by atoms with Crippen molar-refractivity contribution in [1.29, 1.82) is 0 Å². The molecule has 1 N–H and O–H groups in total. The van der Waals surface area contributed by atoms with E-state index >= 15 is 0 Å². The van der Waals surface area contributed by atoms with E-state index in [0.717, 1.165) is 17.9 Å². The van der Waals surface area contributed by atoms with Gasteiger partial charge in [0.2, 0.25) is 0 Å². The van der Waals surface area contributed by atoms with Crippen molar-refractivity contribution in [3.8, 4) is 0 Å². The second-order valence-electron chi connectivity index (χ2n) is 4.16. The molecule has 7 heteroatoms. The third-order valence-electron chi connectivity index (χ3n) is 2.89. The number of aromatic nitrogens is 1. The molecule has 1 aromatic heterocycles. The summed E-state index contributed by atoms with van der Waals surface area (Å²) in [6.45, 7) is 1.37. The van der Waals surface area contributed by atoms with E-state index in [1.807, 2.05) is 23.7 Å². The first-order valence-electron chi connectivity index (χ1n) is 5.56. The molecule has 1 aromatic rings. The Bertz CT molecular complexity index is 449. The summed E-state index contributed by atoms with van der Waals surface area (Å²) in [6, 6.07) is 0.377. The number of thioether (sulfide) groups is 1. The van der Waals surface area contributed by atoms with E-state index in [4.69, 9.17) is 5.11 Å². The van der Waals surface area contributed by atoms with Crippen molar-refractivity contribution in [2.24, 2.45) is 0 Å². The van der Waals surface area contributed by atoms with E-state index in [1.54, 1.807) is 0 Å². The molecule has 1 unspecified atom stereocenters. The maximum Gasteiger partial charge on any atom is 0.356 e. The molecular formula is C11H14N2O3S2. The number of hydrogen-bond donors (Lipinski definition) is 1. The quantitative estimate of drug-likeness (QED) is 0.854. The highest BCUT2D eigenvalue weighted by molar-refractivity contribution is 7.99.